The molecule has 0 aliphatic heterocycles. The van der Waals surface area contributed by atoms with Crippen molar-refractivity contribution in [1.82, 2.24) is 0 Å². The van der Waals surface area contributed by atoms with Crippen molar-refractivity contribution in [2.45, 2.75) is 38.9 Å². The Morgan fingerprint density at radius 1 is 1.33 bits per heavy atom. The van der Waals surface area contributed by atoms with Crippen LogP contribution in [0.15, 0.2) is 24.3 Å². The molecule has 27 heavy (non-hydrogen) atoms. The number of hydrogen-bond donors (Lipinski definition) is 2. The summed E-state index contributed by atoms with van der Waals surface area (Å²) in [5.74, 6) is 0.430. The van der Waals surface area contributed by atoms with E-state index in [1.54, 1.807) is 14.0 Å². The van der Waals surface area contributed by atoms with Gasteiger partial charge in [0.25, 0.3) is 0 Å². The molecular weight excluding hydrogens is 362 g/mol. The van der Waals surface area contributed by atoms with Gasteiger partial charge in [0, 0.05) is 18.4 Å². The van der Waals surface area contributed by atoms with Gasteiger partial charge in [-0.3, -0.25) is 0 Å². The van der Waals surface area contributed by atoms with E-state index < -0.39 is 5.97 Å². The van der Waals surface area contributed by atoms with Crippen LogP contribution in [0.5, 0.6) is 5.75 Å². The predicted molar refractivity (Wildman–Crippen MR) is 104 cm³/mol. The summed E-state index contributed by atoms with van der Waals surface area (Å²) in [6, 6.07) is 10.7. The summed E-state index contributed by atoms with van der Waals surface area (Å²) in [5, 5.41) is 9.92. The van der Waals surface area contributed by atoms with Crippen LogP contribution in [0.1, 0.15) is 46.1 Å². The van der Waals surface area contributed by atoms with Gasteiger partial charge < -0.3 is 20.1 Å². The van der Waals surface area contributed by atoms with Gasteiger partial charge in [-0.25, -0.2) is 4.79 Å². The Morgan fingerprint density at radius 2 is 2.04 bits per heavy atom. The van der Waals surface area contributed by atoms with Gasteiger partial charge in [0.1, 0.15) is 34.8 Å². The number of thiophene rings is 1. The van der Waals surface area contributed by atoms with Gasteiger partial charge in [-0.2, -0.15) is 5.26 Å². The van der Waals surface area contributed by atoms with Crippen LogP contribution >= 0.6 is 11.3 Å². The van der Waals surface area contributed by atoms with E-state index in [9.17, 15) is 10.1 Å². The van der Waals surface area contributed by atoms with Crippen LogP contribution in [-0.4, -0.2) is 25.7 Å². The fourth-order valence-electron chi connectivity index (χ4n) is 3.21. The van der Waals surface area contributed by atoms with Crippen molar-refractivity contribution in [3.63, 3.8) is 0 Å². The summed E-state index contributed by atoms with van der Waals surface area (Å²) < 4.78 is 10.4. The second-order valence-corrected chi connectivity index (χ2v) is 7.67. The summed E-state index contributed by atoms with van der Waals surface area (Å²) >= 11 is 1.15. The number of quaternary nitrogens is 1. The number of nitrogen functional groups attached to an aromatic ring is 1. The van der Waals surface area contributed by atoms with Gasteiger partial charge >= 0.3 is 5.97 Å². The van der Waals surface area contributed by atoms with Crippen molar-refractivity contribution in [2.24, 2.45) is 0 Å². The SMILES string of the molecule is CCOC(=O)c1sc(N)c(C#N)c1C[NH+](Cc1ccc(OC)cc1)C1CC1. The van der Waals surface area contributed by atoms with Crippen molar-refractivity contribution in [3.05, 3.63) is 45.8 Å². The molecule has 1 unspecified atom stereocenters. The molecule has 3 N–H and O–H groups in total. The maximum absolute atomic E-state index is 12.3. The molecule has 0 bridgehead atoms. The zero-order chi connectivity index (χ0) is 19.4. The highest BCUT2D eigenvalue weighted by atomic mass is 32.1. The summed E-state index contributed by atoms with van der Waals surface area (Å²) in [7, 11) is 1.65. The zero-order valence-electron chi connectivity index (χ0n) is 15.6. The Bertz CT molecular complexity index is 851. The minimum atomic E-state index is -0.398. The number of carbonyl (C=O) groups is 1. The minimum Gasteiger partial charge on any atom is -0.497 e. The van der Waals surface area contributed by atoms with Crippen molar-refractivity contribution in [1.29, 1.82) is 5.26 Å². The topological polar surface area (TPSA) is 89.8 Å². The smallest absolute Gasteiger partial charge is 0.348 e. The van der Waals surface area contributed by atoms with Crippen molar-refractivity contribution < 1.29 is 19.2 Å². The summed E-state index contributed by atoms with van der Waals surface area (Å²) in [6.07, 6.45) is 2.31. The van der Waals surface area contributed by atoms with Gasteiger partial charge in [-0.15, -0.1) is 11.3 Å². The van der Waals surface area contributed by atoms with Crippen molar-refractivity contribution in [3.8, 4) is 11.8 Å². The predicted octanol–water partition coefficient (Wildman–Crippen LogP) is 2.13. The fraction of sp³-hybridized carbons (Fsp3) is 0.400. The molecule has 1 aliphatic rings. The van der Waals surface area contributed by atoms with E-state index in [4.69, 9.17) is 15.2 Å². The van der Waals surface area contributed by atoms with Crippen molar-refractivity contribution in [2.75, 3.05) is 19.5 Å². The lowest BCUT2D eigenvalue weighted by Gasteiger charge is -2.20. The molecule has 7 heteroatoms. The first-order chi connectivity index (χ1) is 13.1. The third-order valence-electron chi connectivity index (χ3n) is 4.76. The molecule has 0 saturated heterocycles. The van der Waals surface area contributed by atoms with E-state index in [0.29, 0.717) is 40.2 Å². The van der Waals surface area contributed by atoms with Crippen LogP contribution in [0.3, 0.4) is 0 Å². The lowest BCUT2D eigenvalue weighted by Crippen LogP contribution is -3.10. The molecule has 6 nitrogen and oxygen atoms in total. The first-order valence-electron chi connectivity index (χ1n) is 9.03. The number of benzene rings is 1. The monoisotopic (exact) mass is 386 g/mol. The molecule has 0 radical (unpaired) electrons. The number of nitrogens with zero attached hydrogens (tertiary/aromatic N) is 1. The maximum atomic E-state index is 12.3. The quantitative estimate of drug-likeness (QED) is 0.679. The third-order valence-corrected chi connectivity index (χ3v) is 5.80. The first kappa shape index (κ1) is 19.2. The van der Waals surface area contributed by atoms with E-state index in [1.165, 1.54) is 10.5 Å². The Kier molecular flexibility index (Phi) is 5.99. The summed E-state index contributed by atoms with van der Waals surface area (Å²) in [6.45, 7) is 3.47. The standard InChI is InChI=1S/C20H23N3O3S/c1-3-26-20(24)18-17(16(10-21)19(22)27-18)12-23(14-6-7-14)11-13-4-8-15(25-2)9-5-13/h4-5,8-9,14H,3,6-7,11-12,22H2,1-2H3/p+1. The van der Waals surface area contributed by atoms with Gasteiger partial charge in [0.2, 0.25) is 0 Å². The number of carbonyl (C=O) groups excluding carboxylic acids is 1. The number of ether oxygens (including phenoxy) is 2. The van der Waals surface area contributed by atoms with Crippen LogP contribution in [-0.2, 0) is 17.8 Å². The number of nitrogens with two attached hydrogens (primary N) is 1. The Labute approximate surface area is 163 Å². The molecule has 142 valence electrons. The lowest BCUT2D eigenvalue weighted by atomic mass is 10.1. The molecule has 3 rings (SSSR count). The Morgan fingerprint density at radius 3 is 2.59 bits per heavy atom. The number of hydrogen-bond acceptors (Lipinski definition) is 6. The highest BCUT2D eigenvalue weighted by Gasteiger charge is 2.36. The highest BCUT2D eigenvalue weighted by molar-refractivity contribution is 7.18. The number of nitriles is 1. The molecule has 2 aromatic rings. The van der Waals surface area contributed by atoms with Crippen molar-refractivity contribution >= 4 is 22.3 Å². The molecule has 1 aromatic carbocycles. The van der Waals surface area contributed by atoms with Crippen LogP contribution < -0.4 is 15.4 Å². The second kappa shape index (κ2) is 8.42. The molecule has 1 aliphatic carbocycles. The summed E-state index contributed by atoms with van der Waals surface area (Å²) in [4.78, 5) is 14.1. The van der Waals surface area contributed by atoms with Crippen LogP contribution in [0.2, 0.25) is 0 Å². The van der Waals surface area contributed by atoms with E-state index >= 15 is 0 Å². The lowest BCUT2D eigenvalue weighted by molar-refractivity contribution is -0.938. The molecule has 0 spiro atoms. The molecule has 1 aromatic heterocycles. The molecule has 1 atom stereocenters. The average molecular weight is 386 g/mol. The average Bonchev–Trinajstić information content (AvgIpc) is 3.46. The first-order valence-corrected chi connectivity index (χ1v) is 9.84. The normalized spacial score (nSPS) is 14.4. The Hall–Kier alpha value is -2.56. The van der Waals surface area contributed by atoms with Gasteiger partial charge in [0.15, 0.2) is 0 Å². The molecule has 1 fully saturated rings. The zero-order valence-corrected chi connectivity index (χ0v) is 16.4. The van der Waals surface area contributed by atoms with Crippen LogP contribution in [0.4, 0.5) is 5.00 Å². The number of nitrogens with one attached hydrogen (secondary N) is 1. The van der Waals surface area contributed by atoms with E-state index in [-0.39, 0.29) is 0 Å². The molecule has 1 saturated carbocycles. The molecular formula is C20H24N3O3S+. The largest absolute Gasteiger partial charge is 0.497 e. The third kappa shape index (κ3) is 4.41. The number of rotatable bonds is 8. The molecule has 1 heterocycles. The number of methoxy groups -OCH3 is 1. The fourth-order valence-corrected chi connectivity index (χ4v) is 4.14. The van der Waals surface area contributed by atoms with Gasteiger partial charge in [0.05, 0.1) is 30.9 Å². The van der Waals surface area contributed by atoms with Gasteiger partial charge in [-0.05, 0) is 31.2 Å². The van der Waals surface area contributed by atoms with E-state index in [2.05, 4.69) is 18.2 Å². The highest BCUT2D eigenvalue weighted by Crippen LogP contribution is 2.31. The van der Waals surface area contributed by atoms with Crippen LogP contribution in [0, 0.1) is 11.3 Å². The van der Waals surface area contributed by atoms with E-state index in [0.717, 1.165) is 36.5 Å². The minimum absolute atomic E-state index is 0.295. The number of esters is 1. The van der Waals surface area contributed by atoms with E-state index in [1.807, 2.05) is 12.1 Å². The van der Waals surface area contributed by atoms with Gasteiger partial charge in [-0.1, -0.05) is 0 Å². The second-order valence-electron chi connectivity index (χ2n) is 6.62. The maximum Gasteiger partial charge on any atom is 0.348 e. The number of anilines is 1. The summed E-state index contributed by atoms with van der Waals surface area (Å²) in [5.41, 5.74) is 8.32. The Balaban J connectivity index is 1.86. The van der Waals surface area contributed by atoms with Crippen LogP contribution in [0.25, 0.3) is 0 Å². The molecule has 0 amide bonds.